The maximum atomic E-state index is 11.3. The van der Waals surface area contributed by atoms with Gasteiger partial charge in [-0.1, -0.05) is 6.08 Å². The average molecular weight is 214 g/mol. The minimum absolute atomic E-state index is 0.159. The zero-order valence-corrected chi connectivity index (χ0v) is 9.70. The molecule has 0 unspecified atom stereocenters. The van der Waals surface area contributed by atoms with E-state index in [1.54, 1.807) is 19.9 Å². The third-order valence-electron chi connectivity index (χ3n) is 2.22. The van der Waals surface area contributed by atoms with E-state index in [1.807, 2.05) is 13.8 Å². The topological polar surface area (TPSA) is 44.8 Å². The van der Waals surface area contributed by atoms with E-state index in [1.165, 1.54) is 0 Å². The van der Waals surface area contributed by atoms with Gasteiger partial charge in [-0.05, 0) is 27.7 Å². The third kappa shape index (κ3) is 3.64. The Morgan fingerprint density at radius 1 is 1.60 bits per heavy atom. The first-order valence-electron chi connectivity index (χ1n) is 5.06. The molecule has 0 bridgehead atoms. The number of rotatable bonds is 3. The Balaban J connectivity index is 2.30. The third-order valence-corrected chi connectivity index (χ3v) is 2.22. The largest absolute Gasteiger partial charge is 0.459 e. The second-order valence-corrected chi connectivity index (χ2v) is 4.02. The van der Waals surface area contributed by atoms with Crippen LogP contribution in [0.25, 0.3) is 0 Å². The lowest BCUT2D eigenvalue weighted by molar-refractivity contribution is -0.155. The van der Waals surface area contributed by atoms with Gasteiger partial charge in [-0.2, -0.15) is 0 Å². The second kappa shape index (κ2) is 4.77. The predicted molar refractivity (Wildman–Crippen MR) is 55.3 cm³/mol. The lowest BCUT2D eigenvalue weighted by Crippen LogP contribution is -2.25. The first kappa shape index (κ1) is 12.2. The highest BCUT2D eigenvalue weighted by Crippen LogP contribution is 2.22. The summed E-state index contributed by atoms with van der Waals surface area (Å²) in [5.41, 5.74) is 0.605. The van der Waals surface area contributed by atoms with E-state index < -0.39 is 5.79 Å². The molecule has 4 nitrogen and oxygen atoms in total. The molecule has 0 N–H and O–H groups in total. The predicted octanol–water partition coefficient (Wildman–Crippen LogP) is 1.65. The van der Waals surface area contributed by atoms with E-state index >= 15 is 0 Å². The van der Waals surface area contributed by atoms with Crippen molar-refractivity contribution in [3.63, 3.8) is 0 Å². The Hall–Kier alpha value is -0.870. The zero-order valence-electron chi connectivity index (χ0n) is 9.70. The van der Waals surface area contributed by atoms with Crippen LogP contribution in [0.3, 0.4) is 0 Å². The van der Waals surface area contributed by atoms with Gasteiger partial charge in [-0.15, -0.1) is 0 Å². The minimum atomic E-state index is -0.563. The number of carbonyl (C=O) groups excluding carboxylic acids is 1. The van der Waals surface area contributed by atoms with Crippen molar-refractivity contribution in [3.05, 3.63) is 11.6 Å². The van der Waals surface area contributed by atoms with Gasteiger partial charge in [-0.25, -0.2) is 4.79 Å². The van der Waals surface area contributed by atoms with Crippen LogP contribution in [0.1, 0.15) is 27.7 Å². The van der Waals surface area contributed by atoms with Gasteiger partial charge in [0.05, 0.1) is 6.61 Å². The van der Waals surface area contributed by atoms with Crippen molar-refractivity contribution in [2.75, 3.05) is 13.2 Å². The van der Waals surface area contributed by atoms with E-state index in [2.05, 4.69) is 0 Å². The Bertz CT molecular complexity index is 268. The molecule has 86 valence electrons. The molecule has 0 radical (unpaired) electrons. The quantitative estimate of drug-likeness (QED) is 0.529. The van der Waals surface area contributed by atoms with E-state index in [4.69, 9.17) is 14.2 Å². The molecular weight excluding hydrogens is 196 g/mol. The molecule has 1 rings (SSSR count). The molecule has 0 spiro atoms. The Morgan fingerprint density at radius 3 is 2.73 bits per heavy atom. The van der Waals surface area contributed by atoms with Crippen LogP contribution in [-0.2, 0) is 19.0 Å². The van der Waals surface area contributed by atoms with Gasteiger partial charge >= 0.3 is 5.97 Å². The number of ether oxygens (including phenoxy) is 3. The molecule has 1 atom stereocenters. The van der Waals surface area contributed by atoms with Crippen molar-refractivity contribution in [2.45, 2.75) is 39.6 Å². The van der Waals surface area contributed by atoms with Gasteiger partial charge in [0, 0.05) is 5.57 Å². The fourth-order valence-electron chi connectivity index (χ4n) is 1.25. The SMILES string of the molecule is C/C=C(/C)C(=O)OC[C@H]1COC(C)(C)O1. The van der Waals surface area contributed by atoms with Gasteiger partial charge in [0.2, 0.25) is 0 Å². The van der Waals surface area contributed by atoms with Crippen LogP contribution in [0, 0.1) is 0 Å². The summed E-state index contributed by atoms with van der Waals surface area (Å²) in [7, 11) is 0. The summed E-state index contributed by atoms with van der Waals surface area (Å²) in [5.74, 6) is -0.863. The van der Waals surface area contributed by atoms with E-state index in [0.29, 0.717) is 12.2 Å². The van der Waals surface area contributed by atoms with Crippen molar-refractivity contribution in [1.29, 1.82) is 0 Å². The van der Waals surface area contributed by atoms with Crippen LogP contribution in [0.15, 0.2) is 11.6 Å². The fraction of sp³-hybridized carbons (Fsp3) is 0.727. The van der Waals surface area contributed by atoms with Crippen LogP contribution in [0.4, 0.5) is 0 Å². The van der Waals surface area contributed by atoms with Crippen molar-refractivity contribution in [1.82, 2.24) is 0 Å². The number of esters is 1. The normalized spacial score (nSPS) is 25.3. The van der Waals surface area contributed by atoms with Crippen LogP contribution in [0.2, 0.25) is 0 Å². The number of hydrogen-bond donors (Lipinski definition) is 0. The van der Waals surface area contributed by atoms with Crippen LogP contribution in [-0.4, -0.2) is 31.1 Å². The number of allylic oxidation sites excluding steroid dienone is 1. The Labute approximate surface area is 90.2 Å². The monoisotopic (exact) mass is 214 g/mol. The van der Waals surface area contributed by atoms with E-state index in [0.717, 1.165) is 0 Å². The molecular formula is C11H18O4. The molecule has 0 aromatic rings. The summed E-state index contributed by atoms with van der Waals surface area (Å²) in [6, 6.07) is 0. The Kier molecular flexibility index (Phi) is 3.88. The van der Waals surface area contributed by atoms with Crippen molar-refractivity contribution in [3.8, 4) is 0 Å². The average Bonchev–Trinajstić information content (AvgIpc) is 2.53. The highest BCUT2D eigenvalue weighted by Gasteiger charge is 2.33. The molecule has 1 fully saturated rings. The summed E-state index contributed by atoms with van der Waals surface area (Å²) in [6.07, 6.45) is 1.56. The molecule has 15 heavy (non-hydrogen) atoms. The summed E-state index contributed by atoms with van der Waals surface area (Å²) >= 11 is 0. The summed E-state index contributed by atoms with van der Waals surface area (Å²) in [4.78, 5) is 11.3. The number of carbonyl (C=O) groups is 1. The molecule has 1 aliphatic rings. The first-order chi connectivity index (χ1) is 6.94. The Morgan fingerprint density at radius 2 is 2.27 bits per heavy atom. The molecule has 0 aliphatic carbocycles. The summed E-state index contributed by atoms with van der Waals surface area (Å²) < 4.78 is 15.9. The van der Waals surface area contributed by atoms with Crippen LogP contribution < -0.4 is 0 Å². The highest BCUT2D eigenvalue weighted by molar-refractivity contribution is 5.87. The van der Waals surface area contributed by atoms with E-state index in [9.17, 15) is 4.79 Å². The minimum Gasteiger partial charge on any atom is -0.459 e. The maximum absolute atomic E-state index is 11.3. The van der Waals surface area contributed by atoms with Crippen molar-refractivity contribution >= 4 is 5.97 Å². The zero-order chi connectivity index (χ0) is 11.5. The first-order valence-corrected chi connectivity index (χ1v) is 5.06. The molecule has 0 aromatic carbocycles. The standard InChI is InChI=1S/C11H18O4/c1-5-8(2)10(12)13-6-9-7-14-11(3,4)15-9/h5,9H,6-7H2,1-4H3/b8-5-/t9-/m0/s1. The molecule has 1 aliphatic heterocycles. The summed E-state index contributed by atoms with van der Waals surface area (Å²) in [6.45, 7) is 7.91. The van der Waals surface area contributed by atoms with Gasteiger partial charge in [0.25, 0.3) is 0 Å². The lowest BCUT2D eigenvalue weighted by atomic mass is 10.3. The maximum Gasteiger partial charge on any atom is 0.333 e. The van der Waals surface area contributed by atoms with Gasteiger partial charge in [0.15, 0.2) is 5.79 Å². The van der Waals surface area contributed by atoms with E-state index in [-0.39, 0.29) is 18.7 Å². The summed E-state index contributed by atoms with van der Waals surface area (Å²) in [5, 5.41) is 0. The second-order valence-electron chi connectivity index (χ2n) is 4.02. The fourth-order valence-corrected chi connectivity index (χ4v) is 1.25. The van der Waals surface area contributed by atoms with Crippen LogP contribution in [0.5, 0.6) is 0 Å². The van der Waals surface area contributed by atoms with Crippen molar-refractivity contribution < 1.29 is 19.0 Å². The van der Waals surface area contributed by atoms with Gasteiger partial charge in [-0.3, -0.25) is 0 Å². The highest BCUT2D eigenvalue weighted by atomic mass is 16.7. The molecule has 1 heterocycles. The van der Waals surface area contributed by atoms with Gasteiger partial charge in [0.1, 0.15) is 12.7 Å². The molecule has 1 saturated heterocycles. The lowest BCUT2D eigenvalue weighted by Gasteiger charge is -2.16. The van der Waals surface area contributed by atoms with Crippen LogP contribution >= 0.6 is 0 Å². The van der Waals surface area contributed by atoms with Crippen molar-refractivity contribution in [2.24, 2.45) is 0 Å². The molecule has 4 heteroatoms. The smallest absolute Gasteiger partial charge is 0.333 e. The molecule has 0 saturated carbocycles. The van der Waals surface area contributed by atoms with Gasteiger partial charge < -0.3 is 14.2 Å². The molecule has 0 aromatic heterocycles. The number of hydrogen-bond acceptors (Lipinski definition) is 4. The molecule has 0 amide bonds.